The van der Waals surface area contributed by atoms with Crippen LogP contribution in [0.3, 0.4) is 0 Å². The molecular formula is C15H20ClF3N2O. The molecule has 0 aromatic heterocycles. The number of hydrogen-bond donors (Lipinski definition) is 0. The van der Waals surface area contributed by atoms with Crippen LogP contribution in [0.25, 0.3) is 0 Å². The van der Waals surface area contributed by atoms with Crippen LogP contribution in [-0.2, 0) is 6.42 Å². The summed E-state index contributed by atoms with van der Waals surface area (Å²) in [5, 5.41) is -0.00516. The second-order valence-corrected chi connectivity index (χ2v) is 5.97. The Labute approximate surface area is 133 Å². The standard InChI is InChI=1S/C15H20ClF3N2O/c1-20-7-9-21(10-8-20)6-2-3-12-4-5-14(13(16)11-12)22-15(17,18)19/h4-5,11H,2-3,6-10H2,1H3. The highest BCUT2D eigenvalue weighted by molar-refractivity contribution is 6.32. The molecule has 3 nitrogen and oxygen atoms in total. The van der Waals surface area contributed by atoms with Gasteiger partial charge in [-0.05, 0) is 44.1 Å². The van der Waals surface area contributed by atoms with Crippen molar-refractivity contribution in [2.24, 2.45) is 0 Å². The summed E-state index contributed by atoms with van der Waals surface area (Å²) < 4.78 is 40.4. The van der Waals surface area contributed by atoms with Crippen LogP contribution < -0.4 is 4.74 Å². The lowest BCUT2D eigenvalue weighted by Gasteiger charge is -2.32. The van der Waals surface area contributed by atoms with Gasteiger partial charge in [-0.2, -0.15) is 0 Å². The Kier molecular flexibility index (Phi) is 5.94. The summed E-state index contributed by atoms with van der Waals surface area (Å²) in [4.78, 5) is 4.71. The summed E-state index contributed by atoms with van der Waals surface area (Å²) in [7, 11) is 2.11. The fourth-order valence-corrected chi connectivity index (χ4v) is 2.73. The van der Waals surface area contributed by atoms with E-state index in [0.29, 0.717) is 0 Å². The minimum absolute atomic E-state index is 0.00516. The van der Waals surface area contributed by atoms with E-state index in [-0.39, 0.29) is 10.8 Å². The maximum absolute atomic E-state index is 12.2. The Morgan fingerprint density at radius 2 is 1.86 bits per heavy atom. The minimum atomic E-state index is -4.72. The zero-order valence-corrected chi connectivity index (χ0v) is 13.3. The smallest absolute Gasteiger partial charge is 0.404 e. The van der Waals surface area contributed by atoms with Crippen LogP contribution in [0.5, 0.6) is 5.75 Å². The van der Waals surface area contributed by atoms with Crippen molar-refractivity contribution >= 4 is 11.6 Å². The topological polar surface area (TPSA) is 15.7 Å². The fourth-order valence-electron chi connectivity index (χ4n) is 2.49. The minimum Gasteiger partial charge on any atom is -0.404 e. The second-order valence-electron chi connectivity index (χ2n) is 5.56. The second kappa shape index (κ2) is 7.53. The molecule has 0 unspecified atom stereocenters. The number of nitrogens with zero attached hydrogens (tertiary/aromatic N) is 2. The molecule has 2 rings (SSSR count). The van der Waals surface area contributed by atoms with Gasteiger partial charge in [0.15, 0.2) is 0 Å². The van der Waals surface area contributed by atoms with Gasteiger partial charge in [0.2, 0.25) is 0 Å². The highest BCUT2D eigenvalue weighted by atomic mass is 35.5. The van der Waals surface area contributed by atoms with Gasteiger partial charge in [-0.25, -0.2) is 0 Å². The van der Waals surface area contributed by atoms with E-state index >= 15 is 0 Å². The highest BCUT2D eigenvalue weighted by Gasteiger charge is 2.32. The van der Waals surface area contributed by atoms with Gasteiger partial charge in [0, 0.05) is 26.2 Å². The number of halogens is 4. The molecule has 0 amide bonds. The molecule has 22 heavy (non-hydrogen) atoms. The number of benzene rings is 1. The average Bonchev–Trinajstić information content (AvgIpc) is 2.43. The number of ether oxygens (including phenoxy) is 1. The first-order valence-electron chi connectivity index (χ1n) is 7.28. The van der Waals surface area contributed by atoms with E-state index in [0.717, 1.165) is 51.1 Å². The molecule has 0 aliphatic carbocycles. The largest absolute Gasteiger partial charge is 0.573 e. The molecule has 1 fully saturated rings. The van der Waals surface area contributed by atoms with Gasteiger partial charge in [-0.15, -0.1) is 13.2 Å². The van der Waals surface area contributed by atoms with Crippen LogP contribution in [0, 0.1) is 0 Å². The molecule has 1 aromatic rings. The molecule has 1 saturated heterocycles. The lowest BCUT2D eigenvalue weighted by atomic mass is 10.1. The van der Waals surface area contributed by atoms with Crippen molar-refractivity contribution in [1.29, 1.82) is 0 Å². The Hall–Kier alpha value is -0.980. The Morgan fingerprint density at radius 1 is 1.18 bits per heavy atom. The fraction of sp³-hybridized carbons (Fsp3) is 0.600. The monoisotopic (exact) mass is 336 g/mol. The van der Waals surface area contributed by atoms with Gasteiger partial charge >= 0.3 is 6.36 Å². The van der Waals surface area contributed by atoms with Crippen molar-refractivity contribution in [3.63, 3.8) is 0 Å². The van der Waals surface area contributed by atoms with Gasteiger partial charge < -0.3 is 14.5 Å². The van der Waals surface area contributed by atoms with Crippen LogP contribution >= 0.6 is 11.6 Å². The maximum Gasteiger partial charge on any atom is 0.573 e. The van der Waals surface area contributed by atoms with E-state index in [1.807, 2.05) is 0 Å². The normalized spacial score (nSPS) is 17.7. The molecule has 124 valence electrons. The molecule has 1 aliphatic rings. The summed E-state index contributed by atoms with van der Waals surface area (Å²) in [5.41, 5.74) is 0.925. The van der Waals surface area contributed by atoms with Crippen molar-refractivity contribution in [2.45, 2.75) is 19.2 Å². The first kappa shape index (κ1) is 17.4. The summed E-state index contributed by atoms with van der Waals surface area (Å²) in [6.45, 7) is 5.28. The van der Waals surface area contributed by atoms with Crippen LogP contribution in [0.1, 0.15) is 12.0 Å². The van der Waals surface area contributed by atoms with Gasteiger partial charge in [-0.1, -0.05) is 17.7 Å². The van der Waals surface area contributed by atoms with Crippen molar-refractivity contribution in [1.82, 2.24) is 9.80 Å². The third-order valence-electron chi connectivity index (χ3n) is 3.76. The number of alkyl halides is 3. The van der Waals surface area contributed by atoms with Crippen LogP contribution in [0.2, 0.25) is 5.02 Å². The summed E-state index contributed by atoms with van der Waals surface area (Å²) in [6, 6.07) is 4.46. The average molecular weight is 337 g/mol. The molecule has 0 saturated carbocycles. The first-order chi connectivity index (χ1) is 10.3. The number of piperazine rings is 1. The maximum atomic E-state index is 12.2. The number of aryl methyl sites for hydroxylation is 1. The molecule has 7 heteroatoms. The lowest BCUT2D eigenvalue weighted by Crippen LogP contribution is -2.44. The van der Waals surface area contributed by atoms with E-state index in [4.69, 9.17) is 11.6 Å². The molecule has 1 aliphatic heterocycles. The van der Waals surface area contributed by atoms with Crippen molar-refractivity contribution in [2.75, 3.05) is 39.8 Å². The summed E-state index contributed by atoms with van der Waals surface area (Å²) in [6.07, 6.45) is -2.97. The predicted octanol–water partition coefficient (Wildman–Crippen LogP) is 3.42. The summed E-state index contributed by atoms with van der Waals surface area (Å²) in [5.74, 6) is -0.350. The van der Waals surface area contributed by atoms with Crippen molar-refractivity contribution < 1.29 is 17.9 Å². The molecule has 0 N–H and O–H groups in total. The third kappa shape index (κ3) is 5.66. The first-order valence-corrected chi connectivity index (χ1v) is 7.66. The molecule has 1 heterocycles. The molecular weight excluding hydrogens is 317 g/mol. The lowest BCUT2D eigenvalue weighted by molar-refractivity contribution is -0.274. The van der Waals surface area contributed by atoms with Gasteiger partial charge in [0.1, 0.15) is 5.75 Å². The van der Waals surface area contributed by atoms with Crippen LogP contribution in [-0.4, -0.2) is 55.9 Å². The van der Waals surface area contributed by atoms with E-state index in [1.165, 1.54) is 6.07 Å². The molecule has 0 spiro atoms. The predicted molar refractivity (Wildman–Crippen MR) is 80.4 cm³/mol. The number of rotatable bonds is 5. The molecule has 0 atom stereocenters. The zero-order valence-electron chi connectivity index (χ0n) is 12.5. The molecule has 0 bridgehead atoms. The van der Waals surface area contributed by atoms with Crippen LogP contribution in [0.15, 0.2) is 18.2 Å². The van der Waals surface area contributed by atoms with E-state index in [9.17, 15) is 13.2 Å². The third-order valence-corrected chi connectivity index (χ3v) is 4.05. The van der Waals surface area contributed by atoms with E-state index < -0.39 is 6.36 Å². The Balaban J connectivity index is 1.80. The zero-order chi connectivity index (χ0) is 16.2. The SMILES string of the molecule is CN1CCN(CCCc2ccc(OC(F)(F)F)c(Cl)c2)CC1. The van der Waals surface area contributed by atoms with E-state index in [1.54, 1.807) is 12.1 Å². The van der Waals surface area contributed by atoms with E-state index in [2.05, 4.69) is 21.6 Å². The van der Waals surface area contributed by atoms with Crippen molar-refractivity contribution in [3.8, 4) is 5.75 Å². The quantitative estimate of drug-likeness (QED) is 0.819. The Bertz CT molecular complexity index is 488. The van der Waals surface area contributed by atoms with Crippen molar-refractivity contribution in [3.05, 3.63) is 28.8 Å². The van der Waals surface area contributed by atoms with Gasteiger partial charge in [0.25, 0.3) is 0 Å². The molecule has 1 aromatic carbocycles. The van der Waals surface area contributed by atoms with Crippen LogP contribution in [0.4, 0.5) is 13.2 Å². The number of likely N-dealkylation sites (N-methyl/N-ethyl adjacent to an activating group) is 1. The molecule has 0 radical (unpaired) electrons. The highest BCUT2D eigenvalue weighted by Crippen LogP contribution is 2.31. The van der Waals surface area contributed by atoms with Gasteiger partial charge in [0.05, 0.1) is 5.02 Å². The summed E-state index contributed by atoms with van der Waals surface area (Å²) >= 11 is 5.84. The number of hydrogen-bond acceptors (Lipinski definition) is 3. The van der Waals surface area contributed by atoms with Gasteiger partial charge in [-0.3, -0.25) is 0 Å². The Morgan fingerprint density at radius 3 is 2.45 bits per heavy atom.